The summed E-state index contributed by atoms with van der Waals surface area (Å²) in [5.41, 5.74) is 8.41. The van der Waals surface area contributed by atoms with Gasteiger partial charge in [-0.3, -0.25) is 4.79 Å². The number of rotatable bonds is 6. The fourth-order valence-electron chi connectivity index (χ4n) is 3.68. The van der Waals surface area contributed by atoms with Crippen LogP contribution >= 0.6 is 0 Å². The zero-order valence-corrected chi connectivity index (χ0v) is 17.4. The zero-order chi connectivity index (χ0) is 21.4. The number of hydrogen-bond acceptors (Lipinski definition) is 5. The van der Waals surface area contributed by atoms with Gasteiger partial charge in [0.25, 0.3) is 0 Å². The first-order chi connectivity index (χ1) is 14.3. The Morgan fingerprint density at radius 1 is 1.37 bits per heavy atom. The summed E-state index contributed by atoms with van der Waals surface area (Å²) in [5.74, 6) is 0.0479. The Morgan fingerprint density at radius 2 is 2.13 bits per heavy atom. The van der Waals surface area contributed by atoms with Gasteiger partial charge in [-0.1, -0.05) is 6.07 Å². The van der Waals surface area contributed by atoms with Gasteiger partial charge in [-0.05, 0) is 56.8 Å². The highest BCUT2D eigenvalue weighted by Gasteiger charge is 2.34. The topological polar surface area (TPSA) is 87.5 Å². The van der Waals surface area contributed by atoms with E-state index in [1.165, 1.54) is 6.07 Å². The Labute approximate surface area is 174 Å². The van der Waals surface area contributed by atoms with Crippen LogP contribution in [0, 0.1) is 12.7 Å². The Kier molecular flexibility index (Phi) is 5.44. The van der Waals surface area contributed by atoms with Gasteiger partial charge in [0.15, 0.2) is 11.6 Å². The molecule has 2 aromatic heterocycles. The smallest absolute Gasteiger partial charge is 0.239 e. The fraction of sp³-hybridized carbons (Fsp3) is 0.364. The van der Waals surface area contributed by atoms with E-state index in [0.29, 0.717) is 36.1 Å². The molecule has 3 N–H and O–H groups in total. The summed E-state index contributed by atoms with van der Waals surface area (Å²) in [5, 5.41) is 0.819. The first-order valence-corrected chi connectivity index (χ1v) is 9.93. The maximum absolute atomic E-state index is 14.7. The first kappa shape index (κ1) is 20.3. The summed E-state index contributed by atoms with van der Waals surface area (Å²) in [4.78, 5) is 23.6. The molecule has 3 heterocycles. The standard InChI is InChI=1S/C22H26FN5O2/c1-13-10-26-21-20(13)19(6-7-25-21)30-18-5-4-14(8-16(18)23)9-17(24)22(29)28-11-15(12-28)27(2)3/h4-8,10,15,17H,9,11-12,24H2,1-3H3,(H,25,26). The lowest BCUT2D eigenvalue weighted by Crippen LogP contribution is -2.62. The van der Waals surface area contributed by atoms with Crippen LogP contribution in [0.4, 0.5) is 4.39 Å². The number of pyridine rings is 1. The van der Waals surface area contributed by atoms with Crippen LogP contribution in [0.2, 0.25) is 0 Å². The van der Waals surface area contributed by atoms with Gasteiger partial charge in [0.1, 0.15) is 11.4 Å². The third-order valence-corrected chi connectivity index (χ3v) is 5.63. The number of aromatic nitrogens is 2. The molecule has 0 aliphatic carbocycles. The molecule has 1 aliphatic rings. The second-order valence-electron chi connectivity index (χ2n) is 8.04. The highest BCUT2D eigenvalue weighted by molar-refractivity contribution is 5.86. The minimum atomic E-state index is -0.693. The van der Waals surface area contributed by atoms with Crippen LogP contribution in [0.5, 0.6) is 11.5 Å². The summed E-state index contributed by atoms with van der Waals surface area (Å²) in [6.45, 7) is 3.30. The number of ether oxygens (including phenoxy) is 1. The Bertz CT molecular complexity index is 1070. The number of hydrogen-bond donors (Lipinski definition) is 2. The van der Waals surface area contributed by atoms with E-state index in [2.05, 4.69) is 14.9 Å². The SMILES string of the molecule is Cc1c[nH]c2nccc(Oc3ccc(CC(N)C(=O)N4CC(N(C)C)C4)cc3F)c12. The van der Waals surface area contributed by atoms with E-state index in [4.69, 9.17) is 10.5 Å². The van der Waals surface area contributed by atoms with Crippen molar-refractivity contribution in [2.24, 2.45) is 5.73 Å². The number of likely N-dealkylation sites (tertiary alicyclic amines) is 1. The molecular formula is C22H26FN5O2. The molecule has 1 unspecified atom stereocenters. The average molecular weight is 411 g/mol. The van der Waals surface area contributed by atoms with Crippen LogP contribution in [0.25, 0.3) is 11.0 Å². The quantitative estimate of drug-likeness (QED) is 0.651. The second-order valence-corrected chi connectivity index (χ2v) is 8.04. The maximum atomic E-state index is 14.7. The van der Waals surface area contributed by atoms with Crippen LogP contribution in [0.15, 0.2) is 36.7 Å². The Morgan fingerprint density at radius 3 is 2.83 bits per heavy atom. The Balaban J connectivity index is 1.43. The number of carbonyl (C=O) groups excluding carboxylic acids is 1. The zero-order valence-electron chi connectivity index (χ0n) is 17.4. The number of carbonyl (C=O) groups is 1. The molecule has 0 saturated carbocycles. The maximum Gasteiger partial charge on any atom is 0.239 e. The van der Waals surface area contributed by atoms with Gasteiger partial charge in [0.05, 0.1) is 11.4 Å². The highest BCUT2D eigenvalue weighted by atomic mass is 19.1. The molecule has 1 saturated heterocycles. The lowest BCUT2D eigenvalue weighted by Gasteiger charge is -2.43. The highest BCUT2D eigenvalue weighted by Crippen LogP contribution is 2.32. The number of nitrogens with zero attached hydrogens (tertiary/aromatic N) is 3. The molecule has 158 valence electrons. The molecule has 1 aromatic carbocycles. The van der Waals surface area contributed by atoms with Gasteiger partial charge < -0.3 is 25.3 Å². The molecule has 4 rings (SSSR count). The Hall–Kier alpha value is -2.97. The molecule has 1 amide bonds. The summed E-state index contributed by atoms with van der Waals surface area (Å²) >= 11 is 0. The van der Waals surface area contributed by atoms with E-state index in [1.807, 2.05) is 27.2 Å². The van der Waals surface area contributed by atoms with Crippen molar-refractivity contribution in [2.75, 3.05) is 27.2 Å². The third-order valence-electron chi connectivity index (χ3n) is 5.63. The first-order valence-electron chi connectivity index (χ1n) is 9.93. The van der Waals surface area contributed by atoms with Gasteiger partial charge in [-0.2, -0.15) is 0 Å². The number of fused-ring (bicyclic) bond motifs is 1. The average Bonchev–Trinajstić information content (AvgIpc) is 3.04. The molecule has 1 fully saturated rings. The fourth-order valence-corrected chi connectivity index (χ4v) is 3.68. The van der Waals surface area contributed by atoms with Gasteiger partial charge in [-0.25, -0.2) is 9.37 Å². The van der Waals surface area contributed by atoms with Gasteiger partial charge in [0, 0.05) is 31.5 Å². The van der Waals surface area contributed by atoms with E-state index in [1.54, 1.807) is 29.3 Å². The summed E-state index contributed by atoms with van der Waals surface area (Å²) < 4.78 is 20.5. The molecule has 0 bridgehead atoms. The number of halogens is 1. The number of likely N-dealkylation sites (N-methyl/N-ethyl adjacent to an activating group) is 1. The summed E-state index contributed by atoms with van der Waals surface area (Å²) in [6, 6.07) is 6.08. The van der Waals surface area contributed by atoms with Crippen LogP contribution in [0.1, 0.15) is 11.1 Å². The van der Waals surface area contributed by atoms with E-state index in [-0.39, 0.29) is 18.1 Å². The molecule has 0 spiro atoms. The van der Waals surface area contributed by atoms with Crippen LogP contribution in [-0.2, 0) is 11.2 Å². The molecule has 0 radical (unpaired) electrons. The van der Waals surface area contributed by atoms with Crippen molar-refractivity contribution in [3.05, 3.63) is 53.6 Å². The molecule has 7 nitrogen and oxygen atoms in total. The van der Waals surface area contributed by atoms with Crippen LogP contribution in [-0.4, -0.2) is 64.9 Å². The second kappa shape index (κ2) is 8.04. The predicted molar refractivity (Wildman–Crippen MR) is 113 cm³/mol. The van der Waals surface area contributed by atoms with Crippen molar-refractivity contribution in [3.8, 4) is 11.5 Å². The molecule has 1 atom stereocenters. The number of nitrogens with two attached hydrogens (primary N) is 1. The van der Waals surface area contributed by atoms with Crippen molar-refractivity contribution in [3.63, 3.8) is 0 Å². The van der Waals surface area contributed by atoms with Gasteiger partial charge in [-0.15, -0.1) is 0 Å². The van der Waals surface area contributed by atoms with Crippen molar-refractivity contribution in [1.29, 1.82) is 0 Å². The number of benzene rings is 1. The number of amides is 1. The summed E-state index contributed by atoms with van der Waals surface area (Å²) in [7, 11) is 3.99. The van der Waals surface area contributed by atoms with E-state index < -0.39 is 11.9 Å². The summed E-state index contributed by atoms with van der Waals surface area (Å²) in [6.07, 6.45) is 3.72. The number of aryl methyl sites for hydroxylation is 1. The van der Waals surface area contributed by atoms with Crippen LogP contribution in [0.3, 0.4) is 0 Å². The number of aromatic amines is 1. The van der Waals surface area contributed by atoms with Crippen molar-refractivity contribution >= 4 is 16.9 Å². The van der Waals surface area contributed by atoms with Gasteiger partial charge >= 0.3 is 0 Å². The van der Waals surface area contributed by atoms with E-state index in [0.717, 1.165) is 10.9 Å². The molecule has 3 aromatic rings. The lowest BCUT2D eigenvalue weighted by atomic mass is 10.0. The van der Waals surface area contributed by atoms with Crippen molar-refractivity contribution in [1.82, 2.24) is 19.8 Å². The van der Waals surface area contributed by atoms with E-state index in [9.17, 15) is 9.18 Å². The monoisotopic (exact) mass is 411 g/mol. The lowest BCUT2D eigenvalue weighted by molar-refractivity contribution is -0.139. The molecule has 8 heteroatoms. The van der Waals surface area contributed by atoms with Gasteiger partial charge in [0.2, 0.25) is 5.91 Å². The minimum absolute atomic E-state index is 0.101. The number of nitrogens with one attached hydrogen (secondary N) is 1. The predicted octanol–water partition coefficient (Wildman–Crippen LogP) is 2.44. The normalized spacial score (nSPS) is 15.5. The van der Waals surface area contributed by atoms with E-state index >= 15 is 0 Å². The molecule has 1 aliphatic heterocycles. The minimum Gasteiger partial charge on any atom is -0.453 e. The largest absolute Gasteiger partial charge is 0.453 e. The number of H-pyrrole nitrogens is 1. The van der Waals surface area contributed by atoms with Crippen molar-refractivity contribution < 1.29 is 13.9 Å². The molecule has 30 heavy (non-hydrogen) atoms. The van der Waals surface area contributed by atoms with Crippen LogP contribution < -0.4 is 10.5 Å². The molecular weight excluding hydrogens is 385 g/mol. The third kappa shape index (κ3) is 3.88. The van der Waals surface area contributed by atoms with Crippen molar-refractivity contribution in [2.45, 2.75) is 25.4 Å².